The van der Waals surface area contributed by atoms with E-state index in [1.54, 1.807) is 18.2 Å². The van der Waals surface area contributed by atoms with Crippen LogP contribution in [0.25, 0.3) is 0 Å². The van der Waals surface area contributed by atoms with Crippen molar-refractivity contribution in [2.45, 2.75) is 19.4 Å². The van der Waals surface area contributed by atoms with Gasteiger partial charge in [-0.3, -0.25) is 9.59 Å². The Labute approximate surface area is 92.9 Å². The van der Waals surface area contributed by atoms with E-state index in [1.807, 2.05) is 0 Å². The van der Waals surface area contributed by atoms with Crippen molar-refractivity contribution in [2.24, 2.45) is 0 Å². The second-order valence-corrected chi connectivity index (χ2v) is 3.87. The molecule has 1 aliphatic rings. The fraction of sp³-hybridized carbons (Fsp3) is 0.333. The molecule has 1 aliphatic heterocycles. The monoisotopic (exact) mass is 221 g/mol. The van der Waals surface area contributed by atoms with Crippen LogP contribution < -0.4 is 0 Å². The Kier molecular flexibility index (Phi) is 2.99. The Hall–Kier alpha value is -1.71. The summed E-state index contributed by atoms with van der Waals surface area (Å²) in [4.78, 5) is 24.0. The summed E-state index contributed by atoms with van der Waals surface area (Å²) in [5.41, 5.74) is 0.491. The van der Waals surface area contributed by atoms with Crippen molar-refractivity contribution >= 4 is 11.7 Å². The number of hydrogen-bond donors (Lipinski definition) is 0. The summed E-state index contributed by atoms with van der Waals surface area (Å²) >= 11 is 0. The lowest BCUT2D eigenvalue weighted by Crippen LogP contribution is -2.38. The second-order valence-electron chi connectivity index (χ2n) is 3.87. The topological polar surface area (TPSA) is 37.4 Å². The number of likely N-dealkylation sites (tertiary alicyclic amines) is 1. The fourth-order valence-corrected chi connectivity index (χ4v) is 1.75. The number of Topliss-reactive ketones (excluding diaryl/α,β-unsaturated/α-hetero) is 1. The van der Waals surface area contributed by atoms with E-state index in [2.05, 4.69) is 0 Å². The summed E-state index contributed by atoms with van der Waals surface area (Å²) in [7, 11) is 0. The van der Waals surface area contributed by atoms with Gasteiger partial charge in [0.1, 0.15) is 11.6 Å². The highest BCUT2D eigenvalue weighted by molar-refractivity contribution is 6.00. The van der Waals surface area contributed by atoms with E-state index < -0.39 is 0 Å². The van der Waals surface area contributed by atoms with Crippen molar-refractivity contribution in [2.75, 3.05) is 6.54 Å². The Bertz CT molecular complexity index is 431. The Balaban J connectivity index is 2.08. The number of rotatable bonds is 2. The number of ketones is 1. The second kappa shape index (κ2) is 4.43. The molecule has 84 valence electrons. The quantitative estimate of drug-likeness (QED) is 0.710. The number of carbonyl (C=O) groups is 2. The largest absolute Gasteiger partial charge is 0.337 e. The van der Waals surface area contributed by atoms with Gasteiger partial charge in [0.25, 0.3) is 0 Å². The maximum absolute atomic E-state index is 13.3. The van der Waals surface area contributed by atoms with Crippen molar-refractivity contribution in [3.63, 3.8) is 0 Å². The van der Waals surface area contributed by atoms with Crippen LogP contribution in [-0.4, -0.2) is 23.1 Å². The summed E-state index contributed by atoms with van der Waals surface area (Å²) < 4.78 is 13.3. The molecule has 1 saturated heterocycles. The predicted octanol–water partition coefficient (Wildman–Crippen LogP) is 1.52. The SMILES string of the molecule is O=C1CCN(Cc2ccccc2F)C(=O)C1. The van der Waals surface area contributed by atoms with Gasteiger partial charge in [0.15, 0.2) is 0 Å². The van der Waals surface area contributed by atoms with Gasteiger partial charge in [-0.1, -0.05) is 18.2 Å². The minimum atomic E-state index is -0.313. The molecule has 0 bridgehead atoms. The zero-order valence-corrected chi connectivity index (χ0v) is 8.78. The number of piperidine rings is 1. The standard InChI is InChI=1S/C12H12FNO2/c13-11-4-2-1-3-9(11)8-14-6-5-10(15)7-12(14)16/h1-4H,5-8H2. The number of carbonyl (C=O) groups excluding carboxylic acids is 2. The molecule has 0 spiro atoms. The van der Waals surface area contributed by atoms with Gasteiger partial charge in [-0.05, 0) is 6.07 Å². The smallest absolute Gasteiger partial charge is 0.230 e. The molecular formula is C12H12FNO2. The van der Waals surface area contributed by atoms with E-state index in [0.717, 1.165) is 0 Å². The summed E-state index contributed by atoms with van der Waals surface area (Å²) in [5.74, 6) is -0.554. The van der Waals surface area contributed by atoms with Crippen LogP contribution >= 0.6 is 0 Å². The zero-order chi connectivity index (χ0) is 11.5. The van der Waals surface area contributed by atoms with Crippen molar-refractivity contribution in [1.29, 1.82) is 0 Å². The lowest BCUT2D eigenvalue weighted by atomic mass is 10.1. The normalized spacial score (nSPS) is 16.7. The average molecular weight is 221 g/mol. The third-order valence-corrected chi connectivity index (χ3v) is 2.68. The molecule has 1 fully saturated rings. The predicted molar refractivity (Wildman–Crippen MR) is 56.1 cm³/mol. The number of amides is 1. The van der Waals surface area contributed by atoms with Crippen LogP contribution in [0.4, 0.5) is 4.39 Å². The van der Waals surface area contributed by atoms with E-state index >= 15 is 0 Å². The average Bonchev–Trinajstić information content (AvgIpc) is 2.25. The molecule has 0 atom stereocenters. The molecule has 1 aromatic carbocycles. The fourth-order valence-electron chi connectivity index (χ4n) is 1.75. The Morgan fingerprint density at radius 3 is 2.69 bits per heavy atom. The minimum absolute atomic E-state index is 0.0326. The van der Waals surface area contributed by atoms with Gasteiger partial charge in [-0.2, -0.15) is 0 Å². The Morgan fingerprint density at radius 1 is 1.25 bits per heavy atom. The summed E-state index contributed by atoms with van der Waals surface area (Å²) in [6.07, 6.45) is 0.328. The van der Waals surface area contributed by atoms with Crippen molar-refractivity contribution in [1.82, 2.24) is 4.90 Å². The zero-order valence-electron chi connectivity index (χ0n) is 8.78. The van der Waals surface area contributed by atoms with Gasteiger partial charge >= 0.3 is 0 Å². The molecule has 0 unspecified atom stereocenters. The van der Waals surface area contributed by atoms with E-state index in [9.17, 15) is 14.0 Å². The third kappa shape index (κ3) is 2.27. The molecule has 1 amide bonds. The minimum Gasteiger partial charge on any atom is -0.337 e. The van der Waals surface area contributed by atoms with Gasteiger partial charge in [0.05, 0.1) is 6.42 Å². The van der Waals surface area contributed by atoms with E-state index in [-0.39, 0.29) is 30.5 Å². The van der Waals surface area contributed by atoms with Crippen LogP contribution in [-0.2, 0) is 16.1 Å². The van der Waals surface area contributed by atoms with Crippen molar-refractivity contribution in [3.05, 3.63) is 35.6 Å². The first-order valence-corrected chi connectivity index (χ1v) is 5.19. The van der Waals surface area contributed by atoms with E-state index in [1.165, 1.54) is 11.0 Å². The summed E-state index contributed by atoms with van der Waals surface area (Å²) in [6, 6.07) is 6.37. The molecule has 4 heteroatoms. The maximum Gasteiger partial charge on any atom is 0.230 e. The molecule has 0 radical (unpaired) electrons. The summed E-state index contributed by atoms with van der Waals surface area (Å²) in [5, 5.41) is 0. The number of benzene rings is 1. The highest BCUT2D eigenvalue weighted by atomic mass is 19.1. The molecule has 0 saturated carbocycles. The van der Waals surface area contributed by atoms with Crippen molar-refractivity contribution < 1.29 is 14.0 Å². The first-order valence-electron chi connectivity index (χ1n) is 5.19. The highest BCUT2D eigenvalue weighted by Crippen LogP contribution is 2.14. The van der Waals surface area contributed by atoms with Gasteiger partial charge in [0, 0.05) is 25.1 Å². The van der Waals surface area contributed by atoms with Crippen LogP contribution in [0, 0.1) is 5.82 Å². The van der Waals surface area contributed by atoms with E-state index in [0.29, 0.717) is 18.5 Å². The molecule has 1 aromatic rings. The molecule has 3 nitrogen and oxygen atoms in total. The highest BCUT2D eigenvalue weighted by Gasteiger charge is 2.24. The molecule has 1 heterocycles. The molecule has 2 rings (SSSR count). The van der Waals surface area contributed by atoms with E-state index in [4.69, 9.17) is 0 Å². The molecule has 0 aliphatic carbocycles. The molecular weight excluding hydrogens is 209 g/mol. The van der Waals surface area contributed by atoms with Crippen LogP contribution in [0.5, 0.6) is 0 Å². The van der Waals surface area contributed by atoms with Crippen molar-refractivity contribution in [3.8, 4) is 0 Å². The Morgan fingerprint density at radius 2 is 2.00 bits per heavy atom. The van der Waals surface area contributed by atoms with Crippen LogP contribution in [0.3, 0.4) is 0 Å². The first kappa shape index (κ1) is 10.8. The van der Waals surface area contributed by atoms with Gasteiger partial charge in [-0.15, -0.1) is 0 Å². The third-order valence-electron chi connectivity index (χ3n) is 2.68. The van der Waals surface area contributed by atoms with Crippen LogP contribution in [0.1, 0.15) is 18.4 Å². The van der Waals surface area contributed by atoms with Gasteiger partial charge in [-0.25, -0.2) is 4.39 Å². The maximum atomic E-state index is 13.3. The first-order chi connectivity index (χ1) is 7.66. The number of hydrogen-bond acceptors (Lipinski definition) is 2. The lowest BCUT2D eigenvalue weighted by molar-refractivity contribution is -0.139. The van der Waals surface area contributed by atoms with Gasteiger partial charge in [0.2, 0.25) is 5.91 Å². The molecule has 0 N–H and O–H groups in total. The van der Waals surface area contributed by atoms with Crippen LogP contribution in [0.2, 0.25) is 0 Å². The summed E-state index contributed by atoms with van der Waals surface area (Å²) in [6.45, 7) is 0.644. The van der Waals surface area contributed by atoms with Gasteiger partial charge < -0.3 is 4.90 Å². The number of halogens is 1. The lowest BCUT2D eigenvalue weighted by Gasteiger charge is -2.26. The number of nitrogens with zero attached hydrogens (tertiary/aromatic N) is 1. The molecule has 16 heavy (non-hydrogen) atoms. The van der Waals surface area contributed by atoms with Crippen LogP contribution in [0.15, 0.2) is 24.3 Å². The molecule has 0 aromatic heterocycles.